The highest BCUT2D eigenvalue weighted by molar-refractivity contribution is 6.99. The Morgan fingerprint density at radius 2 is 1.58 bits per heavy atom. The van der Waals surface area contributed by atoms with Crippen LogP contribution in [0.3, 0.4) is 0 Å². The van der Waals surface area contributed by atoms with Gasteiger partial charge in [-0.3, -0.25) is 4.79 Å². The number of fused-ring (bicyclic) bond motifs is 1. The van der Waals surface area contributed by atoms with E-state index < -0.39 is 8.32 Å². The monoisotopic (exact) mass is 623 g/mol. The van der Waals surface area contributed by atoms with E-state index in [1.54, 1.807) is 7.11 Å². The Balaban J connectivity index is 1.70. The molecule has 4 rings (SSSR count). The topological polar surface area (TPSA) is 56.8 Å². The van der Waals surface area contributed by atoms with Crippen LogP contribution in [0.15, 0.2) is 115 Å². The van der Waals surface area contributed by atoms with Crippen molar-refractivity contribution < 1.29 is 18.7 Å². The van der Waals surface area contributed by atoms with Gasteiger partial charge in [0.1, 0.15) is 17.6 Å². The summed E-state index contributed by atoms with van der Waals surface area (Å²) in [5.41, 5.74) is 2.14. The van der Waals surface area contributed by atoms with Gasteiger partial charge in [-0.15, -0.1) is 0 Å². The highest BCUT2D eigenvalue weighted by Crippen LogP contribution is 2.39. The van der Waals surface area contributed by atoms with Crippen molar-refractivity contribution in [3.63, 3.8) is 0 Å². The minimum Gasteiger partial charge on any atom is -0.497 e. The lowest BCUT2D eigenvalue weighted by atomic mass is 10.0. The number of hydrogen-bond donors (Lipinski definition) is 1. The molecule has 1 N–H and O–H groups in total. The molecule has 5 nitrogen and oxygen atoms in total. The molecule has 0 aromatic heterocycles. The predicted octanol–water partition coefficient (Wildman–Crippen LogP) is 8.37. The van der Waals surface area contributed by atoms with E-state index in [-0.39, 0.29) is 23.2 Å². The number of rotatable bonds is 6. The van der Waals surface area contributed by atoms with Crippen molar-refractivity contribution in [1.29, 1.82) is 0 Å². The molecule has 238 valence electrons. The van der Waals surface area contributed by atoms with Crippen LogP contribution in [-0.2, 0) is 9.22 Å². The minimum atomic E-state index is -2.73. The van der Waals surface area contributed by atoms with Crippen LogP contribution in [0.4, 0.5) is 5.69 Å². The SMILES string of the molecule is C=C(C)C1CCCCC(O[Si](c2ccccc2)(c2ccccc2)C(C)(C)C)C/C=C/C=C(\C)C(=O)Nc2ccc(OC)cc2O1. The van der Waals surface area contributed by atoms with Crippen LogP contribution < -0.4 is 25.2 Å². The van der Waals surface area contributed by atoms with Crippen molar-refractivity contribution in [1.82, 2.24) is 0 Å². The van der Waals surface area contributed by atoms with Crippen LogP contribution >= 0.6 is 0 Å². The lowest BCUT2D eigenvalue weighted by Crippen LogP contribution is -2.67. The average Bonchev–Trinajstić information content (AvgIpc) is 3.03. The number of benzene rings is 3. The van der Waals surface area contributed by atoms with Crippen LogP contribution in [0, 0.1) is 0 Å². The summed E-state index contributed by atoms with van der Waals surface area (Å²) < 4.78 is 19.5. The zero-order valence-corrected chi connectivity index (χ0v) is 28.8. The molecular formula is C39H49NO4Si. The largest absolute Gasteiger partial charge is 0.497 e. The van der Waals surface area contributed by atoms with Crippen molar-refractivity contribution in [2.24, 2.45) is 0 Å². The molecule has 1 aliphatic rings. The number of anilines is 1. The summed E-state index contributed by atoms with van der Waals surface area (Å²) in [5, 5.41) is 5.46. The van der Waals surface area contributed by atoms with E-state index in [0.717, 1.165) is 37.7 Å². The molecule has 6 heteroatoms. The fourth-order valence-electron chi connectivity index (χ4n) is 6.00. The van der Waals surface area contributed by atoms with Gasteiger partial charge in [-0.1, -0.05) is 113 Å². The van der Waals surface area contributed by atoms with Gasteiger partial charge in [0.25, 0.3) is 14.2 Å². The standard InChI is InChI=1S/C39H49NO4Si/c1-29(2)36-25-17-16-20-31(19-15-14-18-30(3)38(41)40-35-27-26-32(42-7)28-37(35)43-36)44-45(39(4,5)6,33-21-10-8-11-22-33)34-23-12-9-13-24-34/h8-15,18,21-24,26-28,31,36H,1,16-17,19-20,25H2,2-7H3,(H,40,41)/b15-14+,30-18+. The zero-order valence-electron chi connectivity index (χ0n) is 27.8. The summed E-state index contributed by atoms with van der Waals surface area (Å²) >= 11 is 0. The van der Waals surface area contributed by atoms with E-state index in [1.165, 1.54) is 10.4 Å². The molecule has 0 aliphatic carbocycles. The number of carbonyl (C=O) groups is 1. The molecule has 3 aromatic carbocycles. The van der Waals surface area contributed by atoms with Crippen LogP contribution in [0.25, 0.3) is 0 Å². The van der Waals surface area contributed by atoms with Gasteiger partial charge in [0, 0.05) is 17.7 Å². The van der Waals surface area contributed by atoms with Gasteiger partial charge in [-0.2, -0.15) is 0 Å². The van der Waals surface area contributed by atoms with E-state index in [1.807, 2.05) is 44.2 Å². The fraction of sp³-hybridized carbons (Fsp3) is 0.359. The van der Waals surface area contributed by atoms with Gasteiger partial charge in [0.15, 0.2) is 0 Å². The highest BCUT2D eigenvalue weighted by Gasteiger charge is 2.51. The second-order valence-electron chi connectivity index (χ2n) is 13.0. The van der Waals surface area contributed by atoms with Crippen LogP contribution in [-0.4, -0.2) is 33.5 Å². The van der Waals surface area contributed by atoms with Gasteiger partial charge in [-0.25, -0.2) is 0 Å². The number of methoxy groups -OCH3 is 1. The Kier molecular flexibility index (Phi) is 11.7. The lowest BCUT2D eigenvalue weighted by molar-refractivity contribution is -0.112. The number of ether oxygens (including phenoxy) is 2. The van der Waals surface area contributed by atoms with Gasteiger partial charge in [0.05, 0.1) is 12.8 Å². The van der Waals surface area contributed by atoms with Gasteiger partial charge in [-0.05, 0) is 72.6 Å². The smallest absolute Gasteiger partial charge is 0.261 e. The molecular weight excluding hydrogens is 575 g/mol. The van der Waals surface area contributed by atoms with Crippen LogP contribution in [0.5, 0.6) is 11.5 Å². The maximum Gasteiger partial charge on any atom is 0.261 e. The maximum atomic E-state index is 13.2. The molecule has 2 atom stereocenters. The van der Waals surface area contributed by atoms with Crippen molar-refractivity contribution in [2.45, 2.75) is 84.0 Å². The first kappa shape index (κ1) is 34.0. The Hall–Kier alpha value is -3.87. The molecule has 3 aromatic rings. The first-order valence-corrected chi connectivity index (χ1v) is 17.9. The molecule has 2 unspecified atom stereocenters. The van der Waals surface area contributed by atoms with E-state index in [0.29, 0.717) is 22.8 Å². The third kappa shape index (κ3) is 8.44. The predicted molar refractivity (Wildman–Crippen MR) is 189 cm³/mol. The normalized spacial score (nSPS) is 20.5. The van der Waals surface area contributed by atoms with Crippen molar-refractivity contribution in [3.05, 3.63) is 115 Å². The second-order valence-corrected chi connectivity index (χ2v) is 17.2. The van der Waals surface area contributed by atoms with E-state index in [9.17, 15) is 4.79 Å². The number of allylic oxidation sites excluding steroid dienone is 2. The Labute approximate surface area is 271 Å². The minimum absolute atomic E-state index is 0.00261. The van der Waals surface area contributed by atoms with E-state index in [2.05, 4.69) is 99.4 Å². The second kappa shape index (κ2) is 15.4. The van der Waals surface area contributed by atoms with Gasteiger partial charge >= 0.3 is 0 Å². The molecule has 1 amide bonds. The zero-order chi connectivity index (χ0) is 32.5. The highest BCUT2D eigenvalue weighted by atomic mass is 28.4. The van der Waals surface area contributed by atoms with Crippen LogP contribution in [0.1, 0.15) is 66.7 Å². The summed E-state index contributed by atoms with van der Waals surface area (Å²) in [4.78, 5) is 13.2. The fourth-order valence-corrected chi connectivity index (χ4v) is 10.7. The number of amides is 1. The molecule has 0 saturated heterocycles. The van der Waals surface area contributed by atoms with E-state index >= 15 is 0 Å². The van der Waals surface area contributed by atoms with E-state index in [4.69, 9.17) is 13.9 Å². The third-order valence-corrected chi connectivity index (χ3v) is 13.6. The molecule has 0 saturated carbocycles. The summed E-state index contributed by atoms with van der Waals surface area (Å²) in [6.45, 7) is 15.0. The third-order valence-electron chi connectivity index (χ3n) is 8.50. The Morgan fingerprint density at radius 1 is 0.956 bits per heavy atom. The van der Waals surface area contributed by atoms with Crippen molar-refractivity contribution in [2.75, 3.05) is 12.4 Å². The quantitative estimate of drug-likeness (QED) is 0.221. The number of carbonyl (C=O) groups excluding carboxylic acids is 1. The van der Waals surface area contributed by atoms with Gasteiger partial charge < -0.3 is 19.2 Å². The average molecular weight is 624 g/mol. The molecule has 0 spiro atoms. The summed E-state index contributed by atoms with van der Waals surface area (Å²) in [6, 6.07) is 27.1. The Morgan fingerprint density at radius 3 is 2.16 bits per heavy atom. The van der Waals surface area contributed by atoms with Crippen molar-refractivity contribution >= 4 is 30.3 Å². The Bertz CT molecular complexity index is 1450. The summed E-state index contributed by atoms with van der Waals surface area (Å²) in [6.07, 6.45) is 10.2. The first-order chi connectivity index (χ1) is 21.5. The summed E-state index contributed by atoms with van der Waals surface area (Å²) in [7, 11) is -1.11. The molecule has 1 aliphatic heterocycles. The lowest BCUT2D eigenvalue weighted by Gasteiger charge is -2.45. The maximum absolute atomic E-state index is 13.2. The van der Waals surface area contributed by atoms with Crippen LogP contribution in [0.2, 0.25) is 5.04 Å². The number of hydrogen-bond acceptors (Lipinski definition) is 4. The molecule has 0 bridgehead atoms. The molecule has 45 heavy (non-hydrogen) atoms. The number of nitrogens with one attached hydrogen (secondary N) is 1. The molecule has 1 heterocycles. The molecule has 0 radical (unpaired) electrons. The molecule has 0 fully saturated rings. The summed E-state index contributed by atoms with van der Waals surface area (Å²) in [5.74, 6) is 1.05. The van der Waals surface area contributed by atoms with Gasteiger partial charge in [0.2, 0.25) is 0 Å². The van der Waals surface area contributed by atoms with Crippen molar-refractivity contribution in [3.8, 4) is 11.5 Å². The first-order valence-electron chi connectivity index (χ1n) is 16.0.